The molecule has 0 radical (unpaired) electrons. The summed E-state index contributed by atoms with van der Waals surface area (Å²) in [5.41, 5.74) is 2.19. The van der Waals surface area contributed by atoms with Crippen LogP contribution in [-0.2, 0) is 6.54 Å². The lowest BCUT2D eigenvalue weighted by atomic mass is 10.1. The van der Waals surface area contributed by atoms with Gasteiger partial charge in [-0.25, -0.2) is 4.79 Å². The van der Waals surface area contributed by atoms with Crippen LogP contribution in [0, 0.1) is 6.92 Å². The zero-order valence-corrected chi connectivity index (χ0v) is 13.3. The minimum atomic E-state index is -0.527. The molecule has 3 aromatic rings. The van der Waals surface area contributed by atoms with Gasteiger partial charge in [-0.2, -0.15) is 0 Å². The number of nitrogens with one attached hydrogen (secondary N) is 1. The van der Waals surface area contributed by atoms with E-state index in [0.717, 1.165) is 11.3 Å². The van der Waals surface area contributed by atoms with Crippen molar-refractivity contribution in [3.63, 3.8) is 0 Å². The van der Waals surface area contributed by atoms with E-state index in [1.165, 1.54) is 18.2 Å². The second kappa shape index (κ2) is 6.16. The molecule has 6 heteroatoms. The number of aryl methyl sites for hydroxylation is 1. The minimum absolute atomic E-state index is 0.214. The number of fused-ring (bicyclic) bond motifs is 1. The standard InChI is InChI=1S/C18H17NO5/c1-10-3-4-16(23-2)13(5-10)19-9-11-6-18(22)24-17-8-15(21)14(20)7-12(11)17/h3-8,19-21H,9H2,1-2H3. The molecule has 0 aliphatic rings. The number of hydrogen-bond acceptors (Lipinski definition) is 6. The highest BCUT2D eigenvalue weighted by molar-refractivity contribution is 5.84. The molecule has 0 aliphatic carbocycles. The molecule has 0 bridgehead atoms. The van der Waals surface area contributed by atoms with Gasteiger partial charge in [0.1, 0.15) is 11.3 Å². The van der Waals surface area contributed by atoms with Crippen molar-refractivity contribution in [2.45, 2.75) is 13.5 Å². The zero-order valence-electron chi connectivity index (χ0n) is 13.3. The maximum absolute atomic E-state index is 11.7. The Bertz CT molecular complexity index is 962. The first-order chi connectivity index (χ1) is 11.5. The van der Waals surface area contributed by atoms with Gasteiger partial charge in [-0.1, -0.05) is 6.07 Å². The highest BCUT2D eigenvalue weighted by Crippen LogP contribution is 2.32. The van der Waals surface area contributed by atoms with Gasteiger partial charge in [0.2, 0.25) is 0 Å². The highest BCUT2D eigenvalue weighted by atomic mass is 16.5. The predicted molar refractivity (Wildman–Crippen MR) is 90.9 cm³/mol. The summed E-state index contributed by atoms with van der Waals surface area (Å²) < 4.78 is 10.4. The molecule has 0 unspecified atom stereocenters. The number of aromatic hydroxyl groups is 2. The average Bonchev–Trinajstić information content (AvgIpc) is 2.54. The molecule has 3 N–H and O–H groups in total. The normalized spacial score (nSPS) is 10.8. The van der Waals surface area contributed by atoms with Gasteiger partial charge in [-0.15, -0.1) is 0 Å². The van der Waals surface area contributed by atoms with Crippen molar-refractivity contribution in [3.05, 3.63) is 57.9 Å². The third-order valence-electron chi connectivity index (χ3n) is 3.75. The molecule has 0 aliphatic heterocycles. The summed E-state index contributed by atoms with van der Waals surface area (Å²) in [6.07, 6.45) is 0. The largest absolute Gasteiger partial charge is 0.504 e. The summed E-state index contributed by atoms with van der Waals surface area (Å²) in [5.74, 6) is 0.0789. The topological polar surface area (TPSA) is 91.9 Å². The van der Waals surface area contributed by atoms with E-state index in [2.05, 4.69) is 5.32 Å². The van der Waals surface area contributed by atoms with Crippen LogP contribution in [0.4, 0.5) is 5.69 Å². The summed E-state index contributed by atoms with van der Waals surface area (Å²) >= 11 is 0. The van der Waals surface area contributed by atoms with Crippen LogP contribution >= 0.6 is 0 Å². The van der Waals surface area contributed by atoms with Crippen molar-refractivity contribution < 1.29 is 19.4 Å². The van der Waals surface area contributed by atoms with Gasteiger partial charge in [-0.3, -0.25) is 0 Å². The summed E-state index contributed by atoms with van der Waals surface area (Å²) in [7, 11) is 1.59. The fourth-order valence-electron chi connectivity index (χ4n) is 2.55. The van der Waals surface area contributed by atoms with Crippen LogP contribution in [0.1, 0.15) is 11.1 Å². The Kier molecular flexibility index (Phi) is 4.04. The molecule has 0 atom stereocenters. The third kappa shape index (κ3) is 2.99. The maximum atomic E-state index is 11.7. The Morgan fingerprint density at radius 1 is 1.12 bits per heavy atom. The van der Waals surface area contributed by atoms with Gasteiger partial charge in [0.25, 0.3) is 0 Å². The first-order valence-electron chi connectivity index (χ1n) is 7.35. The quantitative estimate of drug-likeness (QED) is 0.504. The van der Waals surface area contributed by atoms with Crippen LogP contribution in [0.3, 0.4) is 0 Å². The first-order valence-corrected chi connectivity index (χ1v) is 7.35. The predicted octanol–water partition coefficient (Wildman–Crippen LogP) is 3.13. The van der Waals surface area contributed by atoms with Gasteiger partial charge in [0.05, 0.1) is 12.8 Å². The third-order valence-corrected chi connectivity index (χ3v) is 3.75. The summed E-state index contributed by atoms with van der Waals surface area (Å²) in [6, 6.07) is 9.70. The van der Waals surface area contributed by atoms with E-state index in [4.69, 9.17) is 9.15 Å². The van der Waals surface area contributed by atoms with Crippen molar-refractivity contribution in [2.24, 2.45) is 0 Å². The molecule has 24 heavy (non-hydrogen) atoms. The van der Waals surface area contributed by atoms with Crippen LogP contribution in [-0.4, -0.2) is 17.3 Å². The molecule has 0 fully saturated rings. The molecule has 0 saturated heterocycles. The number of anilines is 1. The summed E-state index contributed by atoms with van der Waals surface area (Å²) in [4.78, 5) is 11.7. The summed E-state index contributed by atoms with van der Waals surface area (Å²) in [6.45, 7) is 2.30. The van der Waals surface area contributed by atoms with E-state index >= 15 is 0 Å². The fourth-order valence-corrected chi connectivity index (χ4v) is 2.55. The molecule has 0 amide bonds. The maximum Gasteiger partial charge on any atom is 0.336 e. The van der Waals surface area contributed by atoms with Crippen molar-refractivity contribution >= 4 is 16.7 Å². The number of methoxy groups -OCH3 is 1. The minimum Gasteiger partial charge on any atom is -0.504 e. The van der Waals surface area contributed by atoms with Gasteiger partial charge in [0.15, 0.2) is 11.5 Å². The second-order valence-electron chi connectivity index (χ2n) is 5.49. The fraction of sp³-hybridized carbons (Fsp3) is 0.167. The highest BCUT2D eigenvalue weighted by Gasteiger charge is 2.11. The van der Waals surface area contributed by atoms with Crippen molar-refractivity contribution in [1.29, 1.82) is 0 Å². The molecule has 1 heterocycles. The number of benzene rings is 2. The van der Waals surface area contributed by atoms with Crippen LogP contribution < -0.4 is 15.7 Å². The number of hydrogen-bond donors (Lipinski definition) is 3. The number of phenolic OH excluding ortho intramolecular Hbond substituents is 2. The Morgan fingerprint density at radius 2 is 1.88 bits per heavy atom. The Balaban J connectivity index is 2.00. The molecule has 3 rings (SSSR count). The van der Waals surface area contributed by atoms with Gasteiger partial charge in [-0.05, 0) is 36.2 Å². The molecule has 6 nitrogen and oxygen atoms in total. The van der Waals surface area contributed by atoms with Crippen LogP contribution in [0.2, 0.25) is 0 Å². The van der Waals surface area contributed by atoms with Gasteiger partial charge < -0.3 is 24.7 Å². The van der Waals surface area contributed by atoms with Crippen molar-refractivity contribution in [1.82, 2.24) is 0 Å². The number of phenols is 2. The average molecular weight is 327 g/mol. The molecular weight excluding hydrogens is 310 g/mol. The molecular formula is C18H17NO5. The second-order valence-corrected chi connectivity index (χ2v) is 5.49. The molecule has 0 spiro atoms. The van der Waals surface area contributed by atoms with E-state index in [1.807, 2.05) is 25.1 Å². The Morgan fingerprint density at radius 3 is 2.62 bits per heavy atom. The Labute approximate surface area is 137 Å². The van der Waals surface area contributed by atoms with Crippen LogP contribution in [0.5, 0.6) is 17.2 Å². The smallest absolute Gasteiger partial charge is 0.336 e. The lowest BCUT2D eigenvalue weighted by molar-refractivity contribution is 0.403. The van der Waals surface area contributed by atoms with Gasteiger partial charge in [0, 0.05) is 24.1 Å². The van der Waals surface area contributed by atoms with E-state index in [0.29, 0.717) is 23.2 Å². The van der Waals surface area contributed by atoms with E-state index in [-0.39, 0.29) is 17.1 Å². The van der Waals surface area contributed by atoms with Gasteiger partial charge >= 0.3 is 5.63 Å². The lowest BCUT2D eigenvalue weighted by Gasteiger charge is -2.13. The summed E-state index contributed by atoms with van der Waals surface area (Å²) in [5, 5.41) is 23.0. The van der Waals surface area contributed by atoms with Crippen LogP contribution in [0.15, 0.2) is 45.6 Å². The SMILES string of the molecule is COc1ccc(C)cc1NCc1cc(=O)oc2cc(O)c(O)cc12. The number of rotatable bonds is 4. The zero-order chi connectivity index (χ0) is 17.3. The van der Waals surface area contributed by atoms with Crippen LogP contribution in [0.25, 0.3) is 11.0 Å². The van der Waals surface area contributed by atoms with E-state index in [1.54, 1.807) is 7.11 Å². The van der Waals surface area contributed by atoms with Crippen molar-refractivity contribution in [3.8, 4) is 17.2 Å². The number of ether oxygens (including phenoxy) is 1. The Hall–Kier alpha value is -3.15. The first kappa shape index (κ1) is 15.7. The molecule has 124 valence electrons. The lowest BCUT2D eigenvalue weighted by Crippen LogP contribution is -2.06. The monoisotopic (exact) mass is 327 g/mol. The molecule has 2 aromatic carbocycles. The van der Waals surface area contributed by atoms with Crippen molar-refractivity contribution in [2.75, 3.05) is 12.4 Å². The van der Waals surface area contributed by atoms with E-state index in [9.17, 15) is 15.0 Å². The molecule has 1 aromatic heterocycles. The van der Waals surface area contributed by atoms with E-state index < -0.39 is 5.63 Å². The molecule has 0 saturated carbocycles.